The number of hydrogen-bond acceptors (Lipinski definition) is 2. The predicted octanol–water partition coefficient (Wildman–Crippen LogP) is 2.56. The van der Waals surface area contributed by atoms with Crippen molar-refractivity contribution >= 4 is 10.8 Å². The first-order valence-electron chi connectivity index (χ1n) is 6.56. The van der Waals surface area contributed by atoms with Crippen molar-refractivity contribution in [3.05, 3.63) is 0 Å². The third-order valence-electron chi connectivity index (χ3n) is 4.15. The molecule has 1 N–H and O–H groups in total. The van der Waals surface area contributed by atoms with E-state index in [9.17, 15) is 4.21 Å². The Hall–Kier alpha value is 0.110. The topological polar surface area (TPSA) is 29.1 Å². The second kappa shape index (κ2) is 6.75. The van der Waals surface area contributed by atoms with Gasteiger partial charge in [0.15, 0.2) is 0 Å². The summed E-state index contributed by atoms with van der Waals surface area (Å²) in [4.78, 5) is 0. The van der Waals surface area contributed by atoms with Crippen molar-refractivity contribution in [2.75, 3.05) is 12.8 Å². The molecule has 0 aromatic rings. The highest BCUT2D eigenvalue weighted by molar-refractivity contribution is 7.84. The molecule has 96 valence electrons. The zero-order chi connectivity index (χ0) is 12.1. The van der Waals surface area contributed by atoms with E-state index in [-0.39, 0.29) is 0 Å². The Morgan fingerprint density at radius 2 is 2.00 bits per heavy atom. The van der Waals surface area contributed by atoms with E-state index in [0.717, 1.165) is 24.8 Å². The molecule has 0 spiro atoms. The summed E-state index contributed by atoms with van der Waals surface area (Å²) >= 11 is 0. The van der Waals surface area contributed by atoms with Gasteiger partial charge in [-0.15, -0.1) is 0 Å². The van der Waals surface area contributed by atoms with Gasteiger partial charge in [-0.2, -0.15) is 0 Å². The van der Waals surface area contributed by atoms with Crippen LogP contribution in [0.25, 0.3) is 0 Å². The highest BCUT2D eigenvalue weighted by Crippen LogP contribution is 2.29. The molecule has 0 unspecified atom stereocenters. The normalized spacial score (nSPS) is 34.6. The van der Waals surface area contributed by atoms with Gasteiger partial charge in [0, 0.05) is 28.3 Å². The molecule has 5 atom stereocenters. The minimum absolute atomic E-state index is 0.326. The monoisotopic (exact) mass is 245 g/mol. The standard InChI is InChI=1S/C13H27NOS/c1-10-5-6-13(9-11(10)2)14-8-7-12(3)16(4)15/h10-14H,5-9H2,1-4H3/t10-,11+,12+,13+,16+/m1/s1. The lowest BCUT2D eigenvalue weighted by atomic mass is 9.79. The molecule has 0 amide bonds. The summed E-state index contributed by atoms with van der Waals surface area (Å²) in [6, 6.07) is 0.698. The van der Waals surface area contributed by atoms with E-state index in [1.165, 1.54) is 19.3 Å². The van der Waals surface area contributed by atoms with Crippen molar-refractivity contribution in [2.45, 2.75) is 57.7 Å². The van der Waals surface area contributed by atoms with E-state index >= 15 is 0 Å². The summed E-state index contributed by atoms with van der Waals surface area (Å²) in [6.45, 7) is 7.82. The minimum Gasteiger partial charge on any atom is -0.314 e. The van der Waals surface area contributed by atoms with Gasteiger partial charge < -0.3 is 5.32 Å². The van der Waals surface area contributed by atoms with Crippen LogP contribution < -0.4 is 5.32 Å². The summed E-state index contributed by atoms with van der Waals surface area (Å²) in [6.07, 6.45) is 6.81. The fourth-order valence-corrected chi connectivity index (χ4v) is 2.84. The van der Waals surface area contributed by atoms with E-state index in [0.29, 0.717) is 11.3 Å². The predicted molar refractivity (Wildman–Crippen MR) is 72.1 cm³/mol. The summed E-state index contributed by atoms with van der Waals surface area (Å²) in [5, 5.41) is 3.95. The van der Waals surface area contributed by atoms with Crippen LogP contribution in [0.2, 0.25) is 0 Å². The van der Waals surface area contributed by atoms with Gasteiger partial charge in [-0.25, -0.2) is 0 Å². The highest BCUT2D eigenvalue weighted by Gasteiger charge is 2.23. The lowest BCUT2D eigenvalue weighted by Gasteiger charge is -2.32. The average molecular weight is 245 g/mol. The van der Waals surface area contributed by atoms with Crippen LogP contribution in [0.1, 0.15) is 46.5 Å². The van der Waals surface area contributed by atoms with Gasteiger partial charge in [0.25, 0.3) is 0 Å². The molecule has 2 nitrogen and oxygen atoms in total. The maximum absolute atomic E-state index is 11.2. The molecule has 0 bridgehead atoms. The zero-order valence-corrected chi connectivity index (χ0v) is 12.0. The first-order chi connectivity index (χ1) is 7.50. The van der Waals surface area contributed by atoms with Crippen LogP contribution in [0, 0.1) is 11.8 Å². The second-order valence-electron chi connectivity index (χ2n) is 5.52. The summed E-state index contributed by atoms with van der Waals surface area (Å²) in [7, 11) is -0.669. The van der Waals surface area contributed by atoms with E-state index in [4.69, 9.17) is 0 Å². The van der Waals surface area contributed by atoms with Crippen molar-refractivity contribution < 1.29 is 4.21 Å². The lowest BCUT2D eigenvalue weighted by Crippen LogP contribution is -2.37. The molecule has 0 heterocycles. The van der Waals surface area contributed by atoms with E-state index in [1.807, 2.05) is 0 Å². The quantitative estimate of drug-likeness (QED) is 0.806. The van der Waals surface area contributed by atoms with Gasteiger partial charge in [0.2, 0.25) is 0 Å². The number of hydrogen-bond donors (Lipinski definition) is 1. The highest BCUT2D eigenvalue weighted by atomic mass is 32.2. The van der Waals surface area contributed by atoms with Crippen molar-refractivity contribution in [2.24, 2.45) is 11.8 Å². The van der Waals surface area contributed by atoms with E-state index < -0.39 is 10.8 Å². The smallest absolute Gasteiger partial charge is 0.0329 e. The van der Waals surface area contributed by atoms with Crippen molar-refractivity contribution in [3.8, 4) is 0 Å². The van der Waals surface area contributed by atoms with Crippen LogP contribution in [-0.2, 0) is 10.8 Å². The fourth-order valence-electron chi connectivity index (χ4n) is 2.39. The second-order valence-corrected chi connectivity index (χ2v) is 7.32. The van der Waals surface area contributed by atoms with Gasteiger partial charge in [-0.3, -0.25) is 4.21 Å². The molecular weight excluding hydrogens is 218 g/mol. The maximum atomic E-state index is 11.2. The van der Waals surface area contributed by atoms with Crippen LogP contribution in [0.5, 0.6) is 0 Å². The van der Waals surface area contributed by atoms with Crippen molar-refractivity contribution in [3.63, 3.8) is 0 Å². The molecular formula is C13H27NOS. The largest absolute Gasteiger partial charge is 0.314 e. The molecule has 0 aliphatic heterocycles. The number of nitrogens with one attached hydrogen (secondary N) is 1. The Bertz CT molecular complexity index is 232. The molecule has 1 fully saturated rings. The molecule has 3 heteroatoms. The Balaban J connectivity index is 2.16. The molecule has 1 aliphatic rings. The summed E-state index contributed by atoms with van der Waals surface area (Å²) in [5.74, 6) is 1.74. The zero-order valence-electron chi connectivity index (χ0n) is 11.2. The molecule has 0 saturated heterocycles. The molecule has 1 aliphatic carbocycles. The van der Waals surface area contributed by atoms with Crippen LogP contribution in [0.3, 0.4) is 0 Å². The van der Waals surface area contributed by atoms with Crippen LogP contribution in [-0.4, -0.2) is 28.3 Å². The third kappa shape index (κ3) is 4.54. The Morgan fingerprint density at radius 3 is 2.56 bits per heavy atom. The molecule has 0 radical (unpaired) electrons. The first-order valence-corrected chi connectivity index (χ1v) is 8.18. The molecule has 0 aromatic heterocycles. The van der Waals surface area contributed by atoms with E-state index in [2.05, 4.69) is 26.1 Å². The molecule has 16 heavy (non-hydrogen) atoms. The van der Waals surface area contributed by atoms with Gasteiger partial charge in [0.1, 0.15) is 0 Å². The van der Waals surface area contributed by atoms with Crippen molar-refractivity contribution in [1.82, 2.24) is 5.32 Å². The van der Waals surface area contributed by atoms with Crippen LogP contribution in [0.4, 0.5) is 0 Å². The Kier molecular flexibility index (Phi) is 5.98. The van der Waals surface area contributed by atoms with Crippen LogP contribution in [0.15, 0.2) is 0 Å². The SMILES string of the molecule is C[C@@H]1CC[C@H](NCC[C@H](C)[S@](C)=O)C[C@@H]1C. The van der Waals surface area contributed by atoms with Crippen LogP contribution >= 0.6 is 0 Å². The first kappa shape index (κ1) is 14.2. The Labute approximate surface area is 103 Å². The van der Waals surface area contributed by atoms with Gasteiger partial charge >= 0.3 is 0 Å². The van der Waals surface area contributed by atoms with E-state index in [1.54, 1.807) is 6.26 Å². The molecule has 0 aromatic carbocycles. The summed E-state index contributed by atoms with van der Waals surface area (Å²) in [5.41, 5.74) is 0. The average Bonchev–Trinajstić information content (AvgIpc) is 2.23. The molecule has 1 rings (SSSR count). The molecule has 1 saturated carbocycles. The third-order valence-corrected chi connectivity index (χ3v) is 5.52. The van der Waals surface area contributed by atoms with Gasteiger partial charge in [-0.1, -0.05) is 20.8 Å². The number of rotatable bonds is 5. The Morgan fingerprint density at radius 1 is 1.31 bits per heavy atom. The lowest BCUT2D eigenvalue weighted by molar-refractivity contribution is 0.226. The minimum atomic E-state index is -0.669. The van der Waals surface area contributed by atoms with Crippen molar-refractivity contribution in [1.29, 1.82) is 0 Å². The van der Waals surface area contributed by atoms with Gasteiger partial charge in [-0.05, 0) is 44.1 Å². The fraction of sp³-hybridized carbons (Fsp3) is 1.00. The maximum Gasteiger partial charge on any atom is 0.0329 e. The van der Waals surface area contributed by atoms with Gasteiger partial charge in [0.05, 0.1) is 0 Å². The summed E-state index contributed by atoms with van der Waals surface area (Å²) < 4.78 is 11.2.